The lowest BCUT2D eigenvalue weighted by Crippen LogP contribution is -1.97. The number of nitriles is 1. The first-order valence-electron chi connectivity index (χ1n) is 5.24. The topological polar surface area (TPSA) is 83.5 Å². The van der Waals surface area contributed by atoms with Gasteiger partial charge in [0.1, 0.15) is 24.2 Å². The number of carboxylic acids is 1. The molecule has 0 unspecified atom stereocenters. The molecule has 0 aliphatic rings. The maximum absolute atomic E-state index is 10.6. The highest BCUT2D eigenvalue weighted by Gasteiger charge is 2.10. The van der Waals surface area contributed by atoms with Crippen molar-refractivity contribution in [2.45, 2.75) is 6.61 Å². The summed E-state index contributed by atoms with van der Waals surface area (Å²) < 4.78 is 11.3. The number of carbonyl (C=O) groups is 1. The summed E-state index contributed by atoms with van der Waals surface area (Å²) >= 11 is 3.26. The van der Waals surface area contributed by atoms with E-state index in [4.69, 9.17) is 19.5 Å². The minimum atomic E-state index is -1.13. The van der Waals surface area contributed by atoms with Crippen molar-refractivity contribution in [3.05, 3.63) is 51.9 Å². The normalized spacial score (nSPS) is 9.89. The van der Waals surface area contributed by atoms with E-state index in [1.165, 1.54) is 12.1 Å². The number of halogens is 1. The van der Waals surface area contributed by atoms with Crippen LogP contribution in [0.5, 0.6) is 5.75 Å². The van der Waals surface area contributed by atoms with Gasteiger partial charge in [0, 0.05) is 4.47 Å². The van der Waals surface area contributed by atoms with Gasteiger partial charge in [-0.1, -0.05) is 15.9 Å². The molecule has 0 radical (unpaired) electrons. The first-order chi connectivity index (χ1) is 9.10. The molecule has 96 valence electrons. The van der Waals surface area contributed by atoms with Gasteiger partial charge in [0.2, 0.25) is 5.76 Å². The van der Waals surface area contributed by atoms with E-state index in [-0.39, 0.29) is 12.4 Å². The molecule has 2 aromatic rings. The molecule has 0 spiro atoms. The highest BCUT2D eigenvalue weighted by molar-refractivity contribution is 9.10. The van der Waals surface area contributed by atoms with E-state index in [2.05, 4.69) is 15.9 Å². The Balaban J connectivity index is 2.10. The molecule has 0 aliphatic heterocycles. The smallest absolute Gasteiger partial charge is 0.371 e. The number of carboxylic acid groups (broad SMARTS) is 1. The number of rotatable bonds is 4. The predicted molar refractivity (Wildman–Crippen MR) is 68.9 cm³/mol. The van der Waals surface area contributed by atoms with Crippen LogP contribution in [0.25, 0.3) is 0 Å². The van der Waals surface area contributed by atoms with Gasteiger partial charge >= 0.3 is 5.97 Å². The zero-order chi connectivity index (χ0) is 13.8. The summed E-state index contributed by atoms with van der Waals surface area (Å²) in [4.78, 5) is 10.6. The van der Waals surface area contributed by atoms with Gasteiger partial charge in [-0.3, -0.25) is 0 Å². The van der Waals surface area contributed by atoms with Crippen molar-refractivity contribution in [3.63, 3.8) is 0 Å². The van der Waals surface area contributed by atoms with Crippen molar-refractivity contribution in [3.8, 4) is 11.8 Å². The lowest BCUT2D eigenvalue weighted by molar-refractivity contribution is 0.0658. The summed E-state index contributed by atoms with van der Waals surface area (Å²) in [5, 5.41) is 17.7. The fourth-order valence-corrected chi connectivity index (χ4v) is 1.80. The summed E-state index contributed by atoms with van der Waals surface area (Å²) in [6.45, 7) is 0.0591. The van der Waals surface area contributed by atoms with Crippen molar-refractivity contribution >= 4 is 21.9 Å². The molecule has 1 aromatic carbocycles. The van der Waals surface area contributed by atoms with E-state index in [9.17, 15) is 4.79 Å². The van der Waals surface area contributed by atoms with Crippen LogP contribution in [0.4, 0.5) is 0 Å². The first kappa shape index (κ1) is 13.2. The van der Waals surface area contributed by atoms with E-state index in [1.54, 1.807) is 18.2 Å². The Bertz CT molecular complexity index is 657. The average molecular weight is 322 g/mol. The molecule has 0 fully saturated rings. The highest BCUT2D eigenvalue weighted by Crippen LogP contribution is 2.23. The Morgan fingerprint density at radius 1 is 1.42 bits per heavy atom. The van der Waals surface area contributed by atoms with Gasteiger partial charge in [-0.2, -0.15) is 5.26 Å². The number of hydrogen-bond donors (Lipinski definition) is 1. The van der Waals surface area contributed by atoms with E-state index < -0.39 is 5.97 Å². The van der Waals surface area contributed by atoms with Gasteiger partial charge in [0.25, 0.3) is 0 Å². The number of nitrogens with zero attached hydrogens (tertiary/aromatic N) is 1. The Morgan fingerprint density at radius 2 is 2.21 bits per heavy atom. The molecule has 6 heteroatoms. The SMILES string of the molecule is N#Cc1cc(Br)ccc1OCc1ccc(C(=O)O)o1. The van der Waals surface area contributed by atoms with E-state index in [0.717, 1.165) is 4.47 Å². The molecule has 0 saturated heterocycles. The fraction of sp³-hybridized carbons (Fsp3) is 0.0769. The zero-order valence-electron chi connectivity index (χ0n) is 9.59. The van der Waals surface area contributed by atoms with E-state index in [0.29, 0.717) is 17.1 Å². The second kappa shape index (κ2) is 5.59. The number of aromatic carboxylic acids is 1. The lowest BCUT2D eigenvalue weighted by Gasteiger charge is -2.06. The summed E-state index contributed by atoms with van der Waals surface area (Å²) in [7, 11) is 0. The van der Waals surface area contributed by atoms with Gasteiger partial charge in [0.05, 0.1) is 5.56 Å². The molecule has 0 aliphatic carbocycles. The van der Waals surface area contributed by atoms with Crippen LogP contribution >= 0.6 is 15.9 Å². The third-order valence-electron chi connectivity index (χ3n) is 2.30. The Hall–Kier alpha value is -2.26. The van der Waals surface area contributed by atoms with Gasteiger partial charge in [-0.25, -0.2) is 4.79 Å². The summed E-state index contributed by atoms with van der Waals surface area (Å²) in [5.41, 5.74) is 0.388. The Labute approximate surface area is 117 Å². The zero-order valence-corrected chi connectivity index (χ0v) is 11.2. The summed E-state index contributed by atoms with van der Waals surface area (Å²) in [6, 6.07) is 9.94. The molecule has 5 nitrogen and oxygen atoms in total. The van der Waals surface area contributed by atoms with Crippen LogP contribution < -0.4 is 4.74 Å². The minimum absolute atomic E-state index is 0.0591. The maximum atomic E-state index is 10.6. The van der Waals surface area contributed by atoms with Gasteiger partial charge < -0.3 is 14.3 Å². The third kappa shape index (κ3) is 3.14. The van der Waals surface area contributed by atoms with Gasteiger partial charge in [-0.05, 0) is 30.3 Å². The Kier molecular flexibility index (Phi) is 3.88. The second-order valence-corrected chi connectivity index (χ2v) is 4.53. The van der Waals surface area contributed by atoms with Crippen molar-refractivity contribution in [2.75, 3.05) is 0 Å². The molecule has 0 saturated carbocycles. The molecule has 1 N–H and O–H groups in total. The number of ether oxygens (including phenoxy) is 1. The van der Waals surface area contributed by atoms with Crippen LogP contribution in [0.2, 0.25) is 0 Å². The third-order valence-corrected chi connectivity index (χ3v) is 2.80. The number of furan rings is 1. The number of hydrogen-bond acceptors (Lipinski definition) is 4. The average Bonchev–Trinajstić information content (AvgIpc) is 2.86. The molecule has 2 rings (SSSR count). The second-order valence-electron chi connectivity index (χ2n) is 3.61. The fourth-order valence-electron chi connectivity index (χ4n) is 1.43. The molecule has 1 aromatic heterocycles. The van der Waals surface area contributed by atoms with Crippen LogP contribution in [0.15, 0.2) is 39.2 Å². The van der Waals surface area contributed by atoms with Crippen LogP contribution in [-0.4, -0.2) is 11.1 Å². The molecule has 0 bridgehead atoms. The van der Waals surface area contributed by atoms with Crippen LogP contribution in [-0.2, 0) is 6.61 Å². The van der Waals surface area contributed by atoms with E-state index in [1.807, 2.05) is 6.07 Å². The van der Waals surface area contributed by atoms with Crippen molar-refractivity contribution in [1.29, 1.82) is 5.26 Å². The van der Waals surface area contributed by atoms with Crippen molar-refractivity contribution in [1.82, 2.24) is 0 Å². The molecule has 0 amide bonds. The minimum Gasteiger partial charge on any atom is -0.484 e. The molecule has 19 heavy (non-hydrogen) atoms. The highest BCUT2D eigenvalue weighted by atomic mass is 79.9. The molecular weight excluding hydrogens is 314 g/mol. The van der Waals surface area contributed by atoms with E-state index >= 15 is 0 Å². The van der Waals surface area contributed by atoms with Crippen LogP contribution in [0, 0.1) is 11.3 Å². The quantitative estimate of drug-likeness (QED) is 0.934. The summed E-state index contributed by atoms with van der Waals surface area (Å²) in [6.07, 6.45) is 0. The largest absolute Gasteiger partial charge is 0.484 e. The van der Waals surface area contributed by atoms with Crippen LogP contribution in [0.3, 0.4) is 0 Å². The van der Waals surface area contributed by atoms with Gasteiger partial charge in [-0.15, -0.1) is 0 Å². The van der Waals surface area contributed by atoms with Crippen molar-refractivity contribution < 1.29 is 19.1 Å². The molecular formula is C13H8BrNO4. The molecule has 0 atom stereocenters. The van der Waals surface area contributed by atoms with Gasteiger partial charge in [0.15, 0.2) is 0 Å². The first-order valence-corrected chi connectivity index (χ1v) is 6.04. The number of benzene rings is 1. The standard InChI is InChI=1S/C13H8BrNO4/c14-9-1-3-11(8(5-9)6-15)18-7-10-2-4-12(19-10)13(16)17/h1-5H,7H2,(H,16,17). The maximum Gasteiger partial charge on any atom is 0.371 e. The van der Waals surface area contributed by atoms with Crippen molar-refractivity contribution in [2.24, 2.45) is 0 Å². The summed E-state index contributed by atoms with van der Waals surface area (Å²) in [5.74, 6) is -0.481. The predicted octanol–water partition coefficient (Wildman–Crippen LogP) is 3.19. The Morgan fingerprint density at radius 3 is 2.84 bits per heavy atom. The lowest BCUT2D eigenvalue weighted by atomic mass is 10.2. The van der Waals surface area contributed by atoms with Crippen LogP contribution in [0.1, 0.15) is 21.9 Å². The molecule has 1 heterocycles. The monoisotopic (exact) mass is 321 g/mol.